The molecule has 1 fully saturated rings. The molecule has 1 rings (SSSR count). The van der Waals surface area contributed by atoms with Crippen LogP contribution in [0.4, 0.5) is 8.78 Å². The maximum atomic E-state index is 13.2. The molecule has 13 heavy (non-hydrogen) atoms. The molecule has 1 aliphatic heterocycles. The normalized spacial score (nSPS) is 34.8. The lowest BCUT2D eigenvalue weighted by molar-refractivity contribution is -0.115. The minimum atomic E-state index is -2.51. The third kappa shape index (κ3) is 2.17. The van der Waals surface area contributed by atoms with Crippen molar-refractivity contribution in [3.8, 4) is 0 Å². The van der Waals surface area contributed by atoms with Gasteiger partial charge in [0.2, 0.25) is 0 Å². The van der Waals surface area contributed by atoms with Crippen LogP contribution in [-0.2, 0) is 0 Å². The van der Waals surface area contributed by atoms with E-state index in [0.717, 1.165) is 6.54 Å². The molecule has 0 aromatic heterocycles. The van der Waals surface area contributed by atoms with Crippen LogP contribution in [-0.4, -0.2) is 43.5 Å². The molecule has 2 unspecified atom stereocenters. The molecule has 1 aliphatic rings. The van der Waals surface area contributed by atoms with Gasteiger partial charge in [0.25, 0.3) is 5.92 Å². The summed E-state index contributed by atoms with van der Waals surface area (Å²) in [7, 11) is 3.63. The first kappa shape index (κ1) is 10.9. The van der Waals surface area contributed by atoms with Gasteiger partial charge in [-0.25, -0.2) is 8.78 Å². The summed E-state index contributed by atoms with van der Waals surface area (Å²) < 4.78 is 26.4. The second kappa shape index (κ2) is 3.88. The van der Waals surface area contributed by atoms with Crippen molar-refractivity contribution in [3.63, 3.8) is 0 Å². The fraction of sp³-hybridized carbons (Fsp3) is 1.00. The van der Waals surface area contributed by atoms with Crippen LogP contribution in [0.5, 0.6) is 0 Å². The van der Waals surface area contributed by atoms with E-state index in [1.54, 1.807) is 18.9 Å². The predicted octanol–water partition coefficient (Wildman–Crippen LogP) is 1.32. The topological polar surface area (TPSA) is 15.3 Å². The molecule has 0 bridgehead atoms. The summed E-state index contributed by atoms with van der Waals surface area (Å²) in [4.78, 5) is 1.78. The van der Waals surface area contributed by atoms with Crippen molar-refractivity contribution in [2.24, 2.45) is 0 Å². The number of halogens is 2. The van der Waals surface area contributed by atoms with E-state index < -0.39 is 12.0 Å². The number of nitrogens with zero attached hydrogens (tertiary/aromatic N) is 1. The number of likely N-dealkylation sites (N-methyl/N-ethyl adjacent to an activating group) is 2. The summed E-state index contributed by atoms with van der Waals surface area (Å²) in [6.07, 6.45) is 0.597. The van der Waals surface area contributed by atoms with Gasteiger partial charge in [0, 0.05) is 19.0 Å². The number of rotatable bonds is 2. The first-order valence-electron chi connectivity index (χ1n) is 4.73. The lowest BCUT2D eigenvalue weighted by Gasteiger charge is -2.42. The molecule has 0 radical (unpaired) electrons. The molecular formula is C9H18F2N2. The van der Waals surface area contributed by atoms with Gasteiger partial charge in [-0.1, -0.05) is 0 Å². The third-order valence-electron chi connectivity index (χ3n) is 3.05. The van der Waals surface area contributed by atoms with E-state index in [2.05, 4.69) is 5.32 Å². The second-order valence-corrected chi connectivity index (χ2v) is 3.85. The molecule has 1 N–H and O–H groups in total. The number of nitrogens with one attached hydrogen (secondary N) is 1. The molecule has 78 valence electrons. The Kier molecular flexibility index (Phi) is 3.24. The van der Waals surface area contributed by atoms with E-state index in [4.69, 9.17) is 0 Å². The standard InChI is InChI=1S/C9H18F2N2/c1-7-9(10,11)5-4-8(6-12-2)13(7)3/h7-8,12H,4-6H2,1-3H3. The number of likely N-dealkylation sites (tertiary alicyclic amines) is 1. The molecule has 0 aliphatic carbocycles. The van der Waals surface area contributed by atoms with Gasteiger partial charge in [-0.15, -0.1) is 0 Å². The first-order chi connectivity index (χ1) is 5.99. The van der Waals surface area contributed by atoms with Crippen LogP contribution in [0.2, 0.25) is 0 Å². The Morgan fingerprint density at radius 3 is 2.69 bits per heavy atom. The van der Waals surface area contributed by atoms with Crippen molar-refractivity contribution in [1.82, 2.24) is 10.2 Å². The van der Waals surface area contributed by atoms with E-state index in [0.29, 0.717) is 6.42 Å². The Bertz CT molecular complexity index is 173. The molecule has 0 spiro atoms. The first-order valence-corrected chi connectivity index (χ1v) is 4.73. The van der Waals surface area contributed by atoms with Crippen molar-refractivity contribution < 1.29 is 8.78 Å². The van der Waals surface area contributed by atoms with Gasteiger partial charge in [0.1, 0.15) is 0 Å². The zero-order valence-corrected chi connectivity index (χ0v) is 8.48. The lowest BCUT2D eigenvalue weighted by Crippen LogP contribution is -2.55. The van der Waals surface area contributed by atoms with Crippen molar-refractivity contribution >= 4 is 0 Å². The van der Waals surface area contributed by atoms with Crippen LogP contribution >= 0.6 is 0 Å². The lowest BCUT2D eigenvalue weighted by atomic mass is 9.93. The molecule has 2 nitrogen and oxygen atoms in total. The number of alkyl halides is 2. The predicted molar refractivity (Wildman–Crippen MR) is 49.1 cm³/mol. The van der Waals surface area contributed by atoms with Gasteiger partial charge in [0.05, 0.1) is 6.04 Å². The van der Waals surface area contributed by atoms with Gasteiger partial charge in [-0.05, 0) is 27.4 Å². The molecule has 1 saturated heterocycles. The Hall–Kier alpha value is -0.220. The molecule has 0 aromatic rings. The minimum Gasteiger partial charge on any atom is -0.318 e. The zero-order valence-electron chi connectivity index (χ0n) is 8.48. The van der Waals surface area contributed by atoms with Crippen LogP contribution in [0.1, 0.15) is 19.8 Å². The summed E-state index contributed by atoms with van der Waals surface area (Å²) in [5.74, 6) is -2.51. The smallest absolute Gasteiger partial charge is 0.263 e. The quantitative estimate of drug-likeness (QED) is 0.710. The van der Waals surface area contributed by atoms with Crippen molar-refractivity contribution in [2.75, 3.05) is 20.6 Å². The van der Waals surface area contributed by atoms with E-state index in [-0.39, 0.29) is 12.5 Å². The van der Waals surface area contributed by atoms with E-state index in [1.807, 2.05) is 7.05 Å². The fourth-order valence-electron chi connectivity index (χ4n) is 1.87. The van der Waals surface area contributed by atoms with Crippen LogP contribution in [0.3, 0.4) is 0 Å². The van der Waals surface area contributed by atoms with Gasteiger partial charge >= 0.3 is 0 Å². The molecule has 4 heteroatoms. The minimum absolute atomic E-state index is 0.0187. The highest BCUT2D eigenvalue weighted by atomic mass is 19.3. The highest BCUT2D eigenvalue weighted by molar-refractivity contribution is 4.91. The Morgan fingerprint density at radius 2 is 2.15 bits per heavy atom. The highest BCUT2D eigenvalue weighted by Gasteiger charge is 2.44. The van der Waals surface area contributed by atoms with Crippen LogP contribution in [0.15, 0.2) is 0 Å². The van der Waals surface area contributed by atoms with Gasteiger partial charge in [-0.2, -0.15) is 0 Å². The number of hydrogen-bond acceptors (Lipinski definition) is 2. The Morgan fingerprint density at radius 1 is 1.54 bits per heavy atom. The summed E-state index contributed by atoms with van der Waals surface area (Å²) in [6.45, 7) is 2.39. The number of piperidine rings is 1. The van der Waals surface area contributed by atoms with Gasteiger partial charge in [0.15, 0.2) is 0 Å². The Balaban J connectivity index is 2.59. The van der Waals surface area contributed by atoms with Gasteiger partial charge in [-0.3, -0.25) is 4.90 Å². The second-order valence-electron chi connectivity index (χ2n) is 3.85. The summed E-state index contributed by atoms with van der Waals surface area (Å²) in [5.41, 5.74) is 0. The molecule has 1 heterocycles. The SMILES string of the molecule is CNCC1CCC(F)(F)C(C)N1C. The molecule has 0 aromatic carbocycles. The third-order valence-corrected chi connectivity index (χ3v) is 3.05. The largest absolute Gasteiger partial charge is 0.318 e. The van der Waals surface area contributed by atoms with E-state index in [9.17, 15) is 8.78 Å². The van der Waals surface area contributed by atoms with Crippen molar-refractivity contribution in [1.29, 1.82) is 0 Å². The average Bonchev–Trinajstić information content (AvgIpc) is 2.07. The van der Waals surface area contributed by atoms with Crippen molar-refractivity contribution in [3.05, 3.63) is 0 Å². The van der Waals surface area contributed by atoms with Crippen LogP contribution < -0.4 is 5.32 Å². The van der Waals surface area contributed by atoms with E-state index >= 15 is 0 Å². The summed E-state index contributed by atoms with van der Waals surface area (Å²) in [6, 6.07) is -0.390. The van der Waals surface area contributed by atoms with E-state index in [1.165, 1.54) is 0 Å². The monoisotopic (exact) mass is 192 g/mol. The highest BCUT2D eigenvalue weighted by Crippen LogP contribution is 2.34. The number of hydrogen-bond donors (Lipinski definition) is 1. The molecule has 0 saturated carbocycles. The van der Waals surface area contributed by atoms with Crippen LogP contribution in [0, 0.1) is 0 Å². The zero-order chi connectivity index (χ0) is 10.1. The van der Waals surface area contributed by atoms with Crippen molar-refractivity contribution in [2.45, 2.75) is 37.8 Å². The van der Waals surface area contributed by atoms with Gasteiger partial charge < -0.3 is 5.32 Å². The molecule has 0 amide bonds. The summed E-state index contributed by atoms with van der Waals surface area (Å²) >= 11 is 0. The maximum absolute atomic E-state index is 13.2. The summed E-state index contributed by atoms with van der Waals surface area (Å²) in [5, 5.41) is 3.03. The molecule has 2 atom stereocenters. The van der Waals surface area contributed by atoms with Crippen LogP contribution in [0.25, 0.3) is 0 Å². The maximum Gasteiger partial charge on any atom is 0.263 e. The molecular weight excluding hydrogens is 174 g/mol. The average molecular weight is 192 g/mol. The fourth-order valence-corrected chi connectivity index (χ4v) is 1.87. The Labute approximate surface area is 78.3 Å².